The molecule has 1 N–H and O–H groups in total. The second-order valence-corrected chi connectivity index (χ2v) is 5.73. The maximum Gasteiger partial charge on any atom is 0.257 e. The highest BCUT2D eigenvalue weighted by molar-refractivity contribution is 6.08. The molecule has 118 valence electrons. The van der Waals surface area contributed by atoms with Crippen molar-refractivity contribution >= 4 is 17.3 Å². The Morgan fingerprint density at radius 1 is 1.00 bits per heavy atom. The molecule has 4 rings (SSSR count). The number of benzene rings is 2. The number of carbonyl (C=O) groups is 1. The zero-order chi connectivity index (χ0) is 15.6. The van der Waals surface area contributed by atoms with Gasteiger partial charge in [-0.05, 0) is 37.1 Å². The monoisotopic (exact) mass is 310 g/mol. The predicted molar refractivity (Wildman–Crippen MR) is 88.4 cm³/mol. The van der Waals surface area contributed by atoms with Crippen LogP contribution in [0.4, 0.5) is 11.4 Å². The molecule has 2 aromatic rings. The van der Waals surface area contributed by atoms with Gasteiger partial charge >= 0.3 is 0 Å². The normalized spacial score (nSPS) is 15.7. The summed E-state index contributed by atoms with van der Waals surface area (Å²) in [5, 5.41) is 2.95. The van der Waals surface area contributed by atoms with Gasteiger partial charge in [0.15, 0.2) is 11.5 Å². The zero-order valence-electron chi connectivity index (χ0n) is 12.7. The quantitative estimate of drug-likeness (QED) is 0.945. The summed E-state index contributed by atoms with van der Waals surface area (Å²) in [7, 11) is 0. The lowest BCUT2D eigenvalue weighted by atomic mass is 10.1. The molecule has 0 atom stereocenters. The fraction of sp³-hybridized carbons (Fsp3) is 0.278. The third-order valence-electron chi connectivity index (χ3n) is 4.23. The molecule has 2 aromatic carbocycles. The summed E-state index contributed by atoms with van der Waals surface area (Å²) in [6.45, 7) is 2.24. The Kier molecular flexibility index (Phi) is 3.54. The van der Waals surface area contributed by atoms with Crippen molar-refractivity contribution in [3.05, 3.63) is 48.0 Å². The number of amides is 1. The van der Waals surface area contributed by atoms with Crippen LogP contribution in [0.15, 0.2) is 42.5 Å². The Hall–Kier alpha value is -2.69. The van der Waals surface area contributed by atoms with Gasteiger partial charge in [-0.15, -0.1) is 0 Å². The molecule has 23 heavy (non-hydrogen) atoms. The molecular formula is C18H18N2O3. The highest BCUT2D eigenvalue weighted by atomic mass is 16.7. The average molecular weight is 310 g/mol. The molecular weight excluding hydrogens is 292 g/mol. The molecule has 1 amide bonds. The second-order valence-electron chi connectivity index (χ2n) is 5.73. The van der Waals surface area contributed by atoms with E-state index < -0.39 is 0 Å². The number of hydrogen-bond acceptors (Lipinski definition) is 4. The van der Waals surface area contributed by atoms with Crippen LogP contribution in [-0.4, -0.2) is 25.8 Å². The first kappa shape index (κ1) is 13.9. The standard InChI is InChI=1S/C18H18N2O3/c21-18(19-13-7-8-16-17(11-13)23-12-22-16)14-5-1-2-6-15(14)20-9-3-4-10-20/h1-2,5-8,11H,3-4,9-10,12H2,(H,19,21). The molecule has 1 saturated heterocycles. The third-order valence-corrected chi connectivity index (χ3v) is 4.23. The van der Waals surface area contributed by atoms with E-state index >= 15 is 0 Å². The molecule has 5 nitrogen and oxygen atoms in total. The van der Waals surface area contributed by atoms with Gasteiger partial charge < -0.3 is 19.7 Å². The van der Waals surface area contributed by atoms with E-state index in [-0.39, 0.29) is 12.7 Å². The summed E-state index contributed by atoms with van der Waals surface area (Å²) < 4.78 is 10.6. The number of ether oxygens (including phenoxy) is 2. The largest absolute Gasteiger partial charge is 0.454 e. The van der Waals surface area contributed by atoms with Gasteiger partial charge in [0.25, 0.3) is 5.91 Å². The van der Waals surface area contributed by atoms with Gasteiger partial charge in [-0.3, -0.25) is 4.79 Å². The van der Waals surface area contributed by atoms with E-state index in [1.807, 2.05) is 36.4 Å². The zero-order valence-corrected chi connectivity index (χ0v) is 12.7. The maximum atomic E-state index is 12.7. The molecule has 1 fully saturated rings. The first-order chi connectivity index (χ1) is 11.3. The van der Waals surface area contributed by atoms with Crippen LogP contribution < -0.4 is 19.7 Å². The van der Waals surface area contributed by atoms with Gasteiger partial charge in [0.2, 0.25) is 6.79 Å². The number of anilines is 2. The molecule has 0 spiro atoms. The topological polar surface area (TPSA) is 50.8 Å². The molecule has 0 aliphatic carbocycles. The summed E-state index contributed by atoms with van der Waals surface area (Å²) >= 11 is 0. The minimum absolute atomic E-state index is 0.105. The van der Waals surface area contributed by atoms with Crippen LogP contribution >= 0.6 is 0 Å². The number of nitrogens with one attached hydrogen (secondary N) is 1. The van der Waals surface area contributed by atoms with E-state index in [1.54, 1.807) is 6.07 Å². The molecule has 2 aliphatic rings. The lowest BCUT2D eigenvalue weighted by Gasteiger charge is -2.20. The highest BCUT2D eigenvalue weighted by Crippen LogP contribution is 2.34. The number of para-hydroxylation sites is 1. The van der Waals surface area contributed by atoms with E-state index in [4.69, 9.17) is 9.47 Å². The highest BCUT2D eigenvalue weighted by Gasteiger charge is 2.20. The SMILES string of the molecule is O=C(Nc1ccc2c(c1)OCO2)c1ccccc1N1CCCC1. The fourth-order valence-electron chi connectivity index (χ4n) is 3.07. The van der Waals surface area contributed by atoms with Gasteiger partial charge in [-0.2, -0.15) is 0 Å². The summed E-state index contributed by atoms with van der Waals surface area (Å²) in [6, 6.07) is 13.2. The number of hydrogen-bond donors (Lipinski definition) is 1. The predicted octanol–water partition coefficient (Wildman–Crippen LogP) is 3.27. The summed E-state index contributed by atoms with van der Waals surface area (Å²) in [6.07, 6.45) is 2.36. The van der Waals surface area contributed by atoms with Crippen molar-refractivity contribution in [1.82, 2.24) is 0 Å². The Bertz CT molecular complexity index is 739. The lowest BCUT2D eigenvalue weighted by Crippen LogP contribution is -2.22. The van der Waals surface area contributed by atoms with E-state index in [0.29, 0.717) is 22.7 Å². The Balaban J connectivity index is 1.57. The molecule has 5 heteroatoms. The first-order valence-electron chi connectivity index (χ1n) is 7.86. The molecule has 0 unspecified atom stereocenters. The maximum absolute atomic E-state index is 12.7. The van der Waals surface area contributed by atoms with Crippen molar-refractivity contribution in [1.29, 1.82) is 0 Å². The fourth-order valence-corrected chi connectivity index (χ4v) is 3.07. The Morgan fingerprint density at radius 2 is 1.78 bits per heavy atom. The van der Waals surface area contributed by atoms with Crippen molar-refractivity contribution < 1.29 is 14.3 Å². The molecule has 0 bridgehead atoms. The molecule has 2 aliphatic heterocycles. The van der Waals surface area contributed by atoms with Crippen LogP contribution in [0.2, 0.25) is 0 Å². The van der Waals surface area contributed by atoms with Gasteiger partial charge in [0, 0.05) is 30.5 Å². The van der Waals surface area contributed by atoms with Gasteiger partial charge in [-0.1, -0.05) is 12.1 Å². The van der Waals surface area contributed by atoms with E-state index in [1.165, 1.54) is 12.8 Å². The lowest BCUT2D eigenvalue weighted by molar-refractivity contribution is 0.102. The number of fused-ring (bicyclic) bond motifs is 1. The minimum Gasteiger partial charge on any atom is -0.454 e. The molecule has 0 saturated carbocycles. The van der Waals surface area contributed by atoms with Crippen LogP contribution in [0.5, 0.6) is 11.5 Å². The molecule has 2 heterocycles. The second kappa shape index (κ2) is 5.83. The van der Waals surface area contributed by atoms with Crippen LogP contribution in [0.3, 0.4) is 0 Å². The number of nitrogens with zero attached hydrogens (tertiary/aromatic N) is 1. The van der Waals surface area contributed by atoms with Gasteiger partial charge in [-0.25, -0.2) is 0 Å². The number of carbonyl (C=O) groups excluding carboxylic acids is 1. The Morgan fingerprint density at radius 3 is 2.65 bits per heavy atom. The molecule has 0 aromatic heterocycles. The number of rotatable bonds is 3. The van der Waals surface area contributed by atoms with E-state index in [9.17, 15) is 4.79 Å². The van der Waals surface area contributed by atoms with Gasteiger partial charge in [0.1, 0.15) is 0 Å². The van der Waals surface area contributed by atoms with Crippen molar-refractivity contribution in [2.45, 2.75) is 12.8 Å². The summed E-state index contributed by atoms with van der Waals surface area (Å²) in [4.78, 5) is 15.0. The van der Waals surface area contributed by atoms with E-state index in [0.717, 1.165) is 18.8 Å². The molecule has 0 radical (unpaired) electrons. The van der Waals surface area contributed by atoms with Crippen molar-refractivity contribution in [3.63, 3.8) is 0 Å². The summed E-state index contributed by atoms with van der Waals surface area (Å²) in [5.41, 5.74) is 2.41. The van der Waals surface area contributed by atoms with Crippen molar-refractivity contribution in [2.75, 3.05) is 30.1 Å². The third kappa shape index (κ3) is 2.70. The summed E-state index contributed by atoms with van der Waals surface area (Å²) in [5.74, 6) is 1.27. The first-order valence-corrected chi connectivity index (χ1v) is 7.86. The average Bonchev–Trinajstić information content (AvgIpc) is 3.26. The minimum atomic E-state index is -0.105. The Labute approximate surface area is 134 Å². The van der Waals surface area contributed by atoms with Crippen LogP contribution in [0.25, 0.3) is 0 Å². The smallest absolute Gasteiger partial charge is 0.257 e. The van der Waals surface area contributed by atoms with Crippen LogP contribution in [0, 0.1) is 0 Å². The van der Waals surface area contributed by atoms with Gasteiger partial charge in [0.05, 0.1) is 5.56 Å². The van der Waals surface area contributed by atoms with Crippen molar-refractivity contribution in [2.24, 2.45) is 0 Å². The van der Waals surface area contributed by atoms with Crippen molar-refractivity contribution in [3.8, 4) is 11.5 Å². The van der Waals surface area contributed by atoms with Crippen LogP contribution in [0.1, 0.15) is 23.2 Å². The van der Waals surface area contributed by atoms with E-state index in [2.05, 4.69) is 10.2 Å². The van der Waals surface area contributed by atoms with Crippen LogP contribution in [-0.2, 0) is 0 Å².